The van der Waals surface area contributed by atoms with Gasteiger partial charge in [0.15, 0.2) is 0 Å². The lowest BCUT2D eigenvalue weighted by atomic mass is 10.3. The number of hydrogen-bond donors (Lipinski definition) is 0. The van der Waals surface area contributed by atoms with Crippen LogP contribution >= 0.6 is 11.8 Å². The van der Waals surface area contributed by atoms with Gasteiger partial charge in [-0.2, -0.15) is 0 Å². The second-order valence-corrected chi connectivity index (χ2v) is 4.70. The number of carbonyl (C=O) groups is 1. The minimum Gasteiger partial charge on any atom is -0.468 e. The minimum absolute atomic E-state index is 0.00702. The fraction of sp³-hybridized carbons (Fsp3) is 0.364. The number of ether oxygens (including phenoxy) is 1. The van der Waals surface area contributed by atoms with E-state index in [1.54, 1.807) is 0 Å². The van der Waals surface area contributed by atoms with Crippen molar-refractivity contribution in [1.29, 1.82) is 0 Å². The summed E-state index contributed by atoms with van der Waals surface area (Å²) in [5, 5.41) is 11.7. The van der Waals surface area contributed by atoms with Crippen molar-refractivity contribution in [2.24, 2.45) is 0 Å². The summed E-state index contributed by atoms with van der Waals surface area (Å²) in [6, 6.07) is 5.83. The van der Waals surface area contributed by atoms with E-state index in [-0.39, 0.29) is 12.5 Å². The van der Waals surface area contributed by atoms with E-state index in [9.17, 15) is 4.79 Å². The Morgan fingerprint density at radius 3 is 3.05 bits per heavy atom. The number of aryl methyl sites for hydroxylation is 1. The van der Waals surface area contributed by atoms with Gasteiger partial charge in [0.2, 0.25) is 5.16 Å². The lowest BCUT2D eigenvalue weighted by Crippen LogP contribution is -2.13. The van der Waals surface area contributed by atoms with Crippen molar-refractivity contribution in [3.63, 3.8) is 0 Å². The van der Waals surface area contributed by atoms with Crippen LogP contribution < -0.4 is 0 Å². The molecule has 0 unspecified atom stereocenters. The Balaban J connectivity index is 2.00. The predicted molar refractivity (Wildman–Crippen MR) is 68.4 cm³/mol. The van der Waals surface area contributed by atoms with Gasteiger partial charge in [-0.05, 0) is 29.5 Å². The fourth-order valence-electron chi connectivity index (χ4n) is 1.40. The third-order valence-electron chi connectivity index (χ3n) is 2.30. The molecule has 8 heteroatoms. The van der Waals surface area contributed by atoms with Crippen LogP contribution in [-0.2, 0) is 21.8 Å². The van der Waals surface area contributed by atoms with E-state index in [0.29, 0.717) is 10.9 Å². The molecule has 2 rings (SSSR count). The first-order valence-electron chi connectivity index (χ1n) is 5.57. The molecule has 0 fully saturated rings. The highest BCUT2D eigenvalue weighted by molar-refractivity contribution is 7.98. The number of nitrogens with zero attached hydrogens (tertiary/aromatic N) is 5. The Morgan fingerprint density at radius 1 is 1.47 bits per heavy atom. The number of carbonyl (C=O) groups excluding carboxylic acids is 1. The Morgan fingerprint density at radius 2 is 2.32 bits per heavy atom. The van der Waals surface area contributed by atoms with Crippen LogP contribution in [0, 0.1) is 6.92 Å². The summed E-state index contributed by atoms with van der Waals surface area (Å²) in [5.74, 6) is 0.256. The molecule has 0 aromatic carbocycles. The molecule has 0 atom stereocenters. The third-order valence-corrected chi connectivity index (χ3v) is 3.29. The third kappa shape index (κ3) is 3.75. The van der Waals surface area contributed by atoms with Crippen LogP contribution in [0.1, 0.15) is 11.4 Å². The van der Waals surface area contributed by atoms with Crippen molar-refractivity contribution >= 4 is 17.7 Å². The average molecular weight is 279 g/mol. The zero-order chi connectivity index (χ0) is 13.7. The molecular formula is C11H13N5O2S. The first-order chi connectivity index (χ1) is 9.19. The summed E-state index contributed by atoms with van der Waals surface area (Å²) in [6.07, 6.45) is 0. The van der Waals surface area contributed by atoms with Gasteiger partial charge >= 0.3 is 5.97 Å². The van der Waals surface area contributed by atoms with Crippen LogP contribution in [0.15, 0.2) is 23.4 Å². The molecule has 2 aromatic heterocycles. The summed E-state index contributed by atoms with van der Waals surface area (Å²) in [7, 11) is 1.33. The molecule has 0 saturated carbocycles. The number of methoxy groups -OCH3 is 1. The number of tetrazole rings is 1. The Kier molecular flexibility index (Phi) is 4.45. The van der Waals surface area contributed by atoms with E-state index in [1.807, 2.05) is 25.1 Å². The lowest BCUT2D eigenvalue weighted by molar-refractivity contribution is -0.141. The van der Waals surface area contributed by atoms with Gasteiger partial charge in [-0.15, -0.1) is 5.10 Å². The molecule has 0 amide bonds. The quantitative estimate of drug-likeness (QED) is 0.592. The molecule has 2 heterocycles. The zero-order valence-corrected chi connectivity index (χ0v) is 11.4. The van der Waals surface area contributed by atoms with E-state index < -0.39 is 0 Å². The largest absolute Gasteiger partial charge is 0.468 e. The highest BCUT2D eigenvalue weighted by atomic mass is 32.2. The van der Waals surface area contributed by atoms with Crippen molar-refractivity contribution < 1.29 is 9.53 Å². The van der Waals surface area contributed by atoms with Gasteiger partial charge in [0, 0.05) is 11.4 Å². The van der Waals surface area contributed by atoms with E-state index in [4.69, 9.17) is 0 Å². The number of pyridine rings is 1. The van der Waals surface area contributed by atoms with Crippen LogP contribution in [0.3, 0.4) is 0 Å². The molecular weight excluding hydrogens is 266 g/mol. The second-order valence-electron chi connectivity index (χ2n) is 3.75. The second kappa shape index (κ2) is 6.28. The summed E-state index contributed by atoms with van der Waals surface area (Å²) in [6.45, 7) is 1.95. The SMILES string of the molecule is COC(=O)Cn1nnnc1SCc1cccc(C)n1. The van der Waals surface area contributed by atoms with Gasteiger partial charge in [-0.1, -0.05) is 17.8 Å². The molecule has 0 aliphatic carbocycles. The van der Waals surface area contributed by atoms with Gasteiger partial charge in [0.05, 0.1) is 12.8 Å². The van der Waals surface area contributed by atoms with Gasteiger partial charge in [0.1, 0.15) is 6.54 Å². The average Bonchev–Trinajstić information content (AvgIpc) is 2.83. The van der Waals surface area contributed by atoms with E-state index in [2.05, 4.69) is 25.2 Å². The number of esters is 1. The lowest BCUT2D eigenvalue weighted by Gasteiger charge is -2.03. The van der Waals surface area contributed by atoms with Crippen LogP contribution in [0.2, 0.25) is 0 Å². The van der Waals surface area contributed by atoms with E-state index in [0.717, 1.165) is 11.4 Å². The van der Waals surface area contributed by atoms with Crippen molar-refractivity contribution in [3.8, 4) is 0 Å². The topological polar surface area (TPSA) is 82.8 Å². The molecule has 0 N–H and O–H groups in total. The van der Waals surface area contributed by atoms with Gasteiger partial charge < -0.3 is 4.74 Å². The summed E-state index contributed by atoms with van der Waals surface area (Å²) < 4.78 is 5.99. The maximum Gasteiger partial charge on any atom is 0.327 e. The first-order valence-corrected chi connectivity index (χ1v) is 6.56. The number of hydrogen-bond acceptors (Lipinski definition) is 7. The van der Waals surface area contributed by atoms with Crippen molar-refractivity contribution in [1.82, 2.24) is 25.2 Å². The number of thioether (sulfide) groups is 1. The van der Waals surface area contributed by atoms with Crippen molar-refractivity contribution in [2.45, 2.75) is 24.4 Å². The molecule has 19 heavy (non-hydrogen) atoms. The summed E-state index contributed by atoms with van der Waals surface area (Å²) in [4.78, 5) is 15.6. The van der Waals surface area contributed by atoms with Gasteiger partial charge in [-0.25, -0.2) is 4.68 Å². The monoisotopic (exact) mass is 279 g/mol. The fourth-order valence-corrected chi connectivity index (χ4v) is 2.19. The maximum absolute atomic E-state index is 11.2. The van der Waals surface area contributed by atoms with Gasteiger partial charge in [0.25, 0.3) is 0 Å². The molecule has 0 aliphatic heterocycles. The molecule has 100 valence electrons. The smallest absolute Gasteiger partial charge is 0.327 e. The van der Waals surface area contributed by atoms with E-state index >= 15 is 0 Å². The minimum atomic E-state index is -0.386. The van der Waals surface area contributed by atoms with Crippen molar-refractivity contribution in [2.75, 3.05) is 7.11 Å². The molecule has 2 aromatic rings. The molecule has 0 radical (unpaired) electrons. The highest BCUT2D eigenvalue weighted by Crippen LogP contribution is 2.18. The standard InChI is InChI=1S/C11H13N5O2S/c1-8-4-3-5-9(12-8)7-19-11-13-14-15-16(11)6-10(17)18-2/h3-5H,6-7H2,1-2H3. The Hall–Kier alpha value is -1.96. The Bertz CT molecular complexity index is 572. The van der Waals surface area contributed by atoms with Crippen LogP contribution in [0.25, 0.3) is 0 Å². The van der Waals surface area contributed by atoms with E-state index in [1.165, 1.54) is 23.6 Å². The van der Waals surface area contributed by atoms with Crippen LogP contribution in [0.5, 0.6) is 0 Å². The van der Waals surface area contributed by atoms with Crippen LogP contribution in [0.4, 0.5) is 0 Å². The first kappa shape index (κ1) is 13.5. The number of aromatic nitrogens is 5. The van der Waals surface area contributed by atoms with Gasteiger partial charge in [-0.3, -0.25) is 9.78 Å². The Labute approximate surface area is 114 Å². The molecule has 0 aliphatic rings. The van der Waals surface area contributed by atoms with Crippen molar-refractivity contribution in [3.05, 3.63) is 29.6 Å². The molecule has 0 saturated heterocycles. The highest BCUT2D eigenvalue weighted by Gasteiger charge is 2.11. The molecule has 0 spiro atoms. The molecule has 7 nitrogen and oxygen atoms in total. The summed E-state index contributed by atoms with van der Waals surface area (Å²) in [5.41, 5.74) is 1.91. The van der Waals surface area contributed by atoms with Crippen LogP contribution in [-0.4, -0.2) is 38.3 Å². The summed E-state index contributed by atoms with van der Waals surface area (Å²) >= 11 is 1.42. The predicted octanol–water partition coefficient (Wildman–Crippen LogP) is 0.842. The number of rotatable bonds is 5. The zero-order valence-electron chi connectivity index (χ0n) is 10.6. The molecule has 0 bridgehead atoms. The normalized spacial score (nSPS) is 10.4. The maximum atomic E-state index is 11.2.